The smallest absolute Gasteiger partial charge is 0.250 e. The summed E-state index contributed by atoms with van der Waals surface area (Å²) in [5, 5.41) is 0.120. The van der Waals surface area contributed by atoms with Gasteiger partial charge in [0.15, 0.2) is 0 Å². The molecule has 1 aromatic rings. The summed E-state index contributed by atoms with van der Waals surface area (Å²) in [4.78, 5) is 10.8. The molecule has 0 fully saturated rings. The minimum Gasteiger partial charge on any atom is -0.366 e. The molecule has 0 saturated carbocycles. The van der Waals surface area contributed by atoms with E-state index in [0.717, 1.165) is 0 Å². The zero-order valence-corrected chi connectivity index (χ0v) is 7.86. The molecule has 0 aliphatic rings. The molecule has 0 aromatic heterocycles. The third-order valence-electron chi connectivity index (χ3n) is 1.81. The van der Waals surface area contributed by atoms with Gasteiger partial charge in [-0.25, -0.2) is 4.39 Å². The van der Waals surface area contributed by atoms with E-state index in [2.05, 4.69) is 0 Å². The second kappa shape index (κ2) is 3.75. The number of amides is 1. The monoisotopic (exact) mass is 201 g/mol. The lowest BCUT2D eigenvalue weighted by Crippen LogP contribution is -2.12. The molecule has 0 radical (unpaired) electrons. The van der Waals surface area contributed by atoms with Gasteiger partial charge in [0, 0.05) is 5.56 Å². The van der Waals surface area contributed by atoms with Crippen molar-refractivity contribution in [3.05, 3.63) is 34.1 Å². The van der Waals surface area contributed by atoms with Crippen LogP contribution in [0, 0.1) is 5.82 Å². The molecular weight excluding hydrogens is 193 g/mol. The Labute approximate surface area is 80.5 Å². The lowest BCUT2D eigenvalue weighted by molar-refractivity contribution is 0.100. The van der Waals surface area contributed by atoms with Gasteiger partial charge in [0.05, 0.1) is 10.6 Å². The van der Waals surface area contributed by atoms with E-state index in [1.165, 1.54) is 12.1 Å². The number of carbonyl (C=O) groups is 1. The van der Waals surface area contributed by atoms with E-state index in [1.807, 2.05) is 0 Å². The van der Waals surface area contributed by atoms with E-state index < -0.39 is 11.7 Å². The van der Waals surface area contributed by atoms with Crippen molar-refractivity contribution >= 4 is 17.5 Å². The Morgan fingerprint density at radius 1 is 1.62 bits per heavy atom. The summed E-state index contributed by atoms with van der Waals surface area (Å²) in [5.41, 5.74) is 5.54. The molecule has 0 unspecified atom stereocenters. The number of rotatable bonds is 2. The lowest BCUT2D eigenvalue weighted by Gasteiger charge is -2.05. The van der Waals surface area contributed by atoms with Gasteiger partial charge in [-0.05, 0) is 18.6 Å². The third kappa shape index (κ3) is 1.80. The quantitative estimate of drug-likeness (QED) is 0.783. The molecule has 0 spiro atoms. The summed E-state index contributed by atoms with van der Waals surface area (Å²) >= 11 is 5.77. The normalized spacial score (nSPS) is 10.1. The number of halogens is 2. The molecule has 0 saturated heterocycles. The average molecular weight is 202 g/mol. The van der Waals surface area contributed by atoms with Crippen LogP contribution in [0.3, 0.4) is 0 Å². The van der Waals surface area contributed by atoms with Crippen LogP contribution in [0.15, 0.2) is 12.1 Å². The van der Waals surface area contributed by atoms with Crippen LogP contribution in [0.5, 0.6) is 0 Å². The topological polar surface area (TPSA) is 43.1 Å². The van der Waals surface area contributed by atoms with Crippen molar-refractivity contribution in [2.75, 3.05) is 0 Å². The standard InChI is InChI=1S/C9H9ClFNO/c1-2-5-7(11)4-3-6(8(5)10)9(12)13/h3-4H,2H2,1H3,(H2,12,13). The molecule has 0 aliphatic carbocycles. The van der Waals surface area contributed by atoms with Crippen molar-refractivity contribution in [3.8, 4) is 0 Å². The van der Waals surface area contributed by atoms with Crippen molar-refractivity contribution in [3.63, 3.8) is 0 Å². The molecule has 1 amide bonds. The van der Waals surface area contributed by atoms with Gasteiger partial charge in [-0.1, -0.05) is 18.5 Å². The number of hydrogen-bond acceptors (Lipinski definition) is 1. The summed E-state index contributed by atoms with van der Waals surface area (Å²) in [6, 6.07) is 2.49. The predicted octanol–water partition coefficient (Wildman–Crippen LogP) is 2.14. The molecule has 2 nitrogen and oxygen atoms in total. The maximum Gasteiger partial charge on any atom is 0.250 e. The molecule has 0 bridgehead atoms. The first-order valence-electron chi connectivity index (χ1n) is 3.84. The van der Waals surface area contributed by atoms with Crippen molar-refractivity contribution in [2.45, 2.75) is 13.3 Å². The first kappa shape index (κ1) is 9.99. The molecule has 1 rings (SSSR count). The molecule has 2 N–H and O–H groups in total. The fourth-order valence-corrected chi connectivity index (χ4v) is 1.49. The minimum atomic E-state index is -0.639. The number of hydrogen-bond donors (Lipinski definition) is 1. The van der Waals surface area contributed by atoms with Gasteiger partial charge in [-0.15, -0.1) is 0 Å². The predicted molar refractivity (Wildman–Crippen MR) is 49.3 cm³/mol. The van der Waals surface area contributed by atoms with Crippen LogP contribution in [0.25, 0.3) is 0 Å². The summed E-state index contributed by atoms with van der Waals surface area (Å²) < 4.78 is 13.1. The van der Waals surface area contributed by atoms with Gasteiger partial charge in [0.25, 0.3) is 0 Å². The SMILES string of the molecule is CCc1c(F)ccc(C(N)=O)c1Cl. The maximum atomic E-state index is 13.1. The van der Waals surface area contributed by atoms with E-state index in [0.29, 0.717) is 12.0 Å². The van der Waals surface area contributed by atoms with E-state index >= 15 is 0 Å². The first-order valence-corrected chi connectivity index (χ1v) is 4.22. The van der Waals surface area contributed by atoms with Crippen LogP contribution < -0.4 is 5.73 Å². The Balaban J connectivity index is 3.35. The van der Waals surface area contributed by atoms with Crippen LogP contribution in [0.4, 0.5) is 4.39 Å². The Morgan fingerprint density at radius 2 is 2.23 bits per heavy atom. The maximum absolute atomic E-state index is 13.1. The van der Waals surface area contributed by atoms with E-state index in [1.54, 1.807) is 6.92 Å². The van der Waals surface area contributed by atoms with Crippen molar-refractivity contribution < 1.29 is 9.18 Å². The Bertz CT molecular complexity index is 352. The van der Waals surface area contributed by atoms with Crippen LogP contribution in [0.1, 0.15) is 22.8 Å². The summed E-state index contributed by atoms with van der Waals surface area (Å²) in [7, 11) is 0. The highest BCUT2D eigenvalue weighted by molar-refractivity contribution is 6.34. The zero-order valence-electron chi connectivity index (χ0n) is 7.10. The van der Waals surface area contributed by atoms with Gasteiger partial charge in [0.1, 0.15) is 5.82 Å². The molecular formula is C9H9ClFNO. The number of benzene rings is 1. The van der Waals surface area contributed by atoms with E-state index in [4.69, 9.17) is 17.3 Å². The van der Waals surface area contributed by atoms with Gasteiger partial charge < -0.3 is 5.73 Å². The van der Waals surface area contributed by atoms with Gasteiger partial charge in [0.2, 0.25) is 5.91 Å². The molecule has 70 valence electrons. The largest absolute Gasteiger partial charge is 0.366 e. The van der Waals surface area contributed by atoms with Gasteiger partial charge in [-0.3, -0.25) is 4.79 Å². The molecule has 13 heavy (non-hydrogen) atoms. The summed E-state index contributed by atoms with van der Waals surface area (Å²) in [5.74, 6) is -1.04. The summed E-state index contributed by atoms with van der Waals surface area (Å²) in [6.07, 6.45) is 0.436. The fraction of sp³-hybridized carbons (Fsp3) is 0.222. The highest BCUT2D eigenvalue weighted by atomic mass is 35.5. The van der Waals surface area contributed by atoms with Crippen LogP contribution in [-0.4, -0.2) is 5.91 Å². The van der Waals surface area contributed by atoms with Crippen LogP contribution in [-0.2, 0) is 6.42 Å². The Morgan fingerprint density at radius 3 is 2.69 bits per heavy atom. The Kier molecular flexibility index (Phi) is 2.88. The number of primary amides is 1. The molecule has 1 aromatic carbocycles. The van der Waals surface area contributed by atoms with Gasteiger partial charge in [-0.2, -0.15) is 0 Å². The van der Waals surface area contributed by atoms with Crippen LogP contribution >= 0.6 is 11.6 Å². The van der Waals surface area contributed by atoms with Crippen LogP contribution in [0.2, 0.25) is 5.02 Å². The average Bonchev–Trinajstić information content (AvgIpc) is 2.04. The Hall–Kier alpha value is -1.09. The van der Waals surface area contributed by atoms with E-state index in [-0.39, 0.29) is 10.6 Å². The van der Waals surface area contributed by atoms with E-state index in [9.17, 15) is 9.18 Å². The number of nitrogens with two attached hydrogens (primary N) is 1. The second-order valence-corrected chi connectivity index (χ2v) is 2.98. The molecule has 0 atom stereocenters. The molecule has 0 aliphatic heterocycles. The van der Waals surface area contributed by atoms with Crippen molar-refractivity contribution in [1.82, 2.24) is 0 Å². The van der Waals surface area contributed by atoms with Gasteiger partial charge >= 0.3 is 0 Å². The first-order chi connectivity index (χ1) is 6.07. The van der Waals surface area contributed by atoms with Crippen molar-refractivity contribution in [2.24, 2.45) is 5.73 Å². The van der Waals surface area contributed by atoms with Crippen molar-refractivity contribution in [1.29, 1.82) is 0 Å². The number of carbonyl (C=O) groups excluding carboxylic acids is 1. The molecule has 4 heteroatoms. The highest BCUT2D eigenvalue weighted by Gasteiger charge is 2.13. The fourth-order valence-electron chi connectivity index (χ4n) is 1.11. The minimum absolute atomic E-state index is 0.120. The zero-order chi connectivity index (χ0) is 10.0. The second-order valence-electron chi connectivity index (χ2n) is 2.61. The highest BCUT2D eigenvalue weighted by Crippen LogP contribution is 2.23. The summed E-state index contributed by atoms with van der Waals surface area (Å²) in [6.45, 7) is 1.76. The third-order valence-corrected chi connectivity index (χ3v) is 2.24. The molecule has 0 heterocycles. The lowest BCUT2D eigenvalue weighted by atomic mass is 10.1.